The average Bonchev–Trinajstić information content (AvgIpc) is 2.81. The molecule has 0 aliphatic carbocycles. The normalized spacial score (nSPS) is 19.8. The summed E-state index contributed by atoms with van der Waals surface area (Å²) < 4.78 is 72.7. The second-order valence-electron chi connectivity index (χ2n) is 7.15. The fourth-order valence-corrected chi connectivity index (χ4v) is 4.36. The van der Waals surface area contributed by atoms with Crippen LogP contribution in [0.25, 0.3) is 0 Å². The fourth-order valence-electron chi connectivity index (χ4n) is 4.03. The van der Waals surface area contributed by atoms with Crippen molar-refractivity contribution in [3.63, 3.8) is 0 Å². The van der Waals surface area contributed by atoms with Crippen molar-refractivity contribution in [2.45, 2.75) is 31.1 Å². The quantitative estimate of drug-likeness (QED) is 0.613. The Morgan fingerprint density at radius 3 is 2.68 bits per heavy atom. The van der Waals surface area contributed by atoms with Crippen molar-refractivity contribution in [3.05, 3.63) is 52.0 Å². The molecule has 2 heterocycles. The van der Waals surface area contributed by atoms with Gasteiger partial charge in [0, 0.05) is 24.2 Å². The van der Waals surface area contributed by atoms with Gasteiger partial charge in [-0.2, -0.15) is 18.4 Å². The van der Waals surface area contributed by atoms with Crippen LogP contribution in [-0.2, 0) is 4.79 Å². The molecule has 4 rings (SSSR count). The SMILES string of the molecule is N#Cc1c(F)cc2c(c1Cl)N1CCCC(NC(=O)C(F)(F)F)[C@H]1c1ccc(F)cc1O2. The van der Waals surface area contributed by atoms with Crippen LogP contribution in [0.15, 0.2) is 24.3 Å². The lowest BCUT2D eigenvalue weighted by Gasteiger charge is -2.42. The molecule has 2 atom stereocenters. The molecular formula is C20H13ClF5N3O2. The number of hydrogen-bond acceptors (Lipinski definition) is 4. The zero-order valence-electron chi connectivity index (χ0n) is 15.6. The van der Waals surface area contributed by atoms with E-state index in [2.05, 4.69) is 0 Å². The lowest BCUT2D eigenvalue weighted by Crippen LogP contribution is -2.52. The van der Waals surface area contributed by atoms with E-state index in [4.69, 9.17) is 16.3 Å². The van der Waals surface area contributed by atoms with Crippen LogP contribution in [0.5, 0.6) is 11.5 Å². The molecule has 0 bridgehead atoms. The summed E-state index contributed by atoms with van der Waals surface area (Å²) >= 11 is 6.30. The summed E-state index contributed by atoms with van der Waals surface area (Å²) in [6, 6.07) is 4.08. The molecule has 1 saturated heterocycles. The summed E-state index contributed by atoms with van der Waals surface area (Å²) in [6.07, 6.45) is -4.54. The van der Waals surface area contributed by atoms with E-state index >= 15 is 0 Å². The third kappa shape index (κ3) is 3.63. The highest BCUT2D eigenvalue weighted by Gasteiger charge is 2.45. The molecule has 2 aliphatic rings. The number of nitrogens with one attached hydrogen (secondary N) is 1. The van der Waals surface area contributed by atoms with E-state index in [0.717, 1.165) is 18.2 Å². The smallest absolute Gasteiger partial charge is 0.455 e. The fraction of sp³-hybridized carbons (Fsp3) is 0.300. The first-order chi connectivity index (χ1) is 14.6. The van der Waals surface area contributed by atoms with Gasteiger partial charge in [0.05, 0.1) is 17.1 Å². The van der Waals surface area contributed by atoms with Gasteiger partial charge in [-0.25, -0.2) is 8.78 Å². The molecular weight excluding hydrogens is 445 g/mol. The van der Waals surface area contributed by atoms with E-state index < -0.39 is 41.4 Å². The molecule has 31 heavy (non-hydrogen) atoms. The number of nitriles is 1. The van der Waals surface area contributed by atoms with E-state index in [9.17, 15) is 32.0 Å². The molecule has 1 N–H and O–H groups in total. The van der Waals surface area contributed by atoms with Crippen molar-refractivity contribution in [1.29, 1.82) is 5.26 Å². The van der Waals surface area contributed by atoms with Gasteiger partial charge in [0.25, 0.3) is 0 Å². The summed E-state index contributed by atoms with van der Waals surface area (Å²) in [4.78, 5) is 13.2. The van der Waals surface area contributed by atoms with Crippen molar-refractivity contribution >= 4 is 23.2 Å². The van der Waals surface area contributed by atoms with Crippen LogP contribution < -0.4 is 15.0 Å². The third-order valence-electron chi connectivity index (χ3n) is 5.28. The highest BCUT2D eigenvalue weighted by molar-refractivity contribution is 6.35. The lowest BCUT2D eigenvalue weighted by molar-refractivity contribution is -0.174. The number of carbonyl (C=O) groups is 1. The molecule has 1 amide bonds. The number of amides is 1. The zero-order chi connectivity index (χ0) is 22.5. The van der Waals surface area contributed by atoms with Crippen LogP contribution in [0.2, 0.25) is 5.02 Å². The summed E-state index contributed by atoms with van der Waals surface area (Å²) in [5.74, 6) is -3.92. The highest BCUT2D eigenvalue weighted by atomic mass is 35.5. The number of ether oxygens (including phenoxy) is 1. The van der Waals surface area contributed by atoms with Crippen LogP contribution in [0.1, 0.15) is 30.0 Å². The van der Waals surface area contributed by atoms with Gasteiger partial charge < -0.3 is 15.0 Å². The van der Waals surface area contributed by atoms with Crippen LogP contribution in [0.3, 0.4) is 0 Å². The van der Waals surface area contributed by atoms with Crippen LogP contribution >= 0.6 is 11.6 Å². The Morgan fingerprint density at radius 2 is 2.00 bits per heavy atom. The maximum absolute atomic E-state index is 14.4. The standard InChI is InChI=1S/C20H13ClF5N3O2/c21-16-11(8-27)12(23)7-15-18(16)29-5-1-2-13(28-19(30)20(24,25)26)17(29)10-4-3-9(22)6-14(10)31-15/h3-4,6-7,13,17H,1-2,5H2,(H,28,30)/t13?,17-/m1/s1. The molecule has 0 spiro atoms. The topological polar surface area (TPSA) is 65.4 Å². The number of piperidine rings is 1. The van der Waals surface area contributed by atoms with Gasteiger partial charge >= 0.3 is 12.1 Å². The van der Waals surface area contributed by atoms with Crippen LogP contribution in [0.4, 0.5) is 27.6 Å². The van der Waals surface area contributed by atoms with Crippen LogP contribution in [-0.4, -0.2) is 24.7 Å². The van der Waals surface area contributed by atoms with Gasteiger partial charge in [0.1, 0.15) is 34.7 Å². The molecule has 0 saturated carbocycles. The van der Waals surface area contributed by atoms with Gasteiger partial charge in [-0.05, 0) is 18.9 Å². The molecule has 0 radical (unpaired) electrons. The average molecular weight is 458 g/mol. The third-order valence-corrected chi connectivity index (χ3v) is 5.64. The molecule has 1 fully saturated rings. The summed E-state index contributed by atoms with van der Waals surface area (Å²) in [6.45, 7) is 0.270. The molecule has 162 valence electrons. The van der Waals surface area contributed by atoms with Gasteiger partial charge in [-0.15, -0.1) is 0 Å². The molecule has 2 aromatic rings. The number of carbonyl (C=O) groups excluding carboxylic acids is 1. The van der Waals surface area contributed by atoms with Gasteiger partial charge in [0.15, 0.2) is 5.75 Å². The molecule has 5 nitrogen and oxygen atoms in total. The second-order valence-corrected chi connectivity index (χ2v) is 7.53. The van der Waals surface area contributed by atoms with E-state index in [-0.39, 0.29) is 35.2 Å². The Bertz CT molecular complexity index is 1120. The number of halogens is 6. The Morgan fingerprint density at radius 1 is 1.26 bits per heavy atom. The number of alkyl halides is 3. The second kappa shape index (κ2) is 7.57. The summed E-state index contributed by atoms with van der Waals surface area (Å²) in [5.41, 5.74) is -0.0757. The first-order valence-corrected chi connectivity index (χ1v) is 9.53. The number of rotatable bonds is 1. The van der Waals surface area contributed by atoms with Gasteiger partial charge in [-0.3, -0.25) is 4.79 Å². The number of anilines is 1. The van der Waals surface area contributed by atoms with E-state index in [1.54, 1.807) is 11.0 Å². The Balaban J connectivity index is 1.91. The Kier molecular flexibility index (Phi) is 5.17. The first kappa shape index (κ1) is 21.2. The number of nitrogens with zero attached hydrogens (tertiary/aromatic N) is 2. The van der Waals surface area contributed by atoms with E-state index in [0.29, 0.717) is 12.0 Å². The van der Waals surface area contributed by atoms with E-state index in [1.807, 2.05) is 5.32 Å². The van der Waals surface area contributed by atoms with Crippen LogP contribution in [0, 0.1) is 23.0 Å². The Labute approximate surface area is 178 Å². The van der Waals surface area contributed by atoms with Crippen molar-refractivity contribution in [1.82, 2.24) is 5.32 Å². The predicted octanol–water partition coefficient (Wildman–Crippen LogP) is 4.98. The monoisotopic (exact) mass is 457 g/mol. The minimum Gasteiger partial charge on any atom is -0.455 e. The van der Waals surface area contributed by atoms with Crippen molar-refractivity contribution < 1.29 is 31.5 Å². The minimum atomic E-state index is -5.10. The van der Waals surface area contributed by atoms with Crippen molar-refractivity contribution in [2.75, 3.05) is 11.4 Å². The number of hydrogen-bond donors (Lipinski definition) is 1. The summed E-state index contributed by atoms with van der Waals surface area (Å²) in [5, 5.41) is 11.0. The molecule has 2 aromatic carbocycles. The minimum absolute atomic E-state index is 0.0536. The maximum Gasteiger partial charge on any atom is 0.471 e. The van der Waals surface area contributed by atoms with Crippen molar-refractivity contribution in [3.8, 4) is 17.6 Å². The summed E-state index contributed by atoms with van der Waals surface area (Å²) in [7, 11) is 0. The molecule has 1 unspecified atom stereocenters. The van der Waals surface area contributed by atoms with Crippen molar-refractivity contribution in [2.24, 2.45) is 0 Å². The molecule has 11 heteroatoms. The Hall–Kier alpha value is -3.06. The molecule has 2 aliphatic heterocycles. The number of benzene rings is 2. The first-order valence-electron chi connectivity index (χ1n) is 9.15. The zero-order valence-corrected chi connectivity index (χ0v) is 16.3. The largest absolute Gasteiger partial charge is 0.471 e. The predicted molar refractivity (Wildman–Crippen MR) is 99.9 cm³/mol. The highest BCUT2D eigenvalue weighted by Crippen LogP contribution is 2.51. The van der Waals surface area contributed by atoms with Gasteiger partial charge in [-0.1, -0.05) is 17.7 Å². The van der Waals surface area contributed by atoms with E-state index in [1.165, 1.54) is 6.07 Å². The van der Waals surface area contributed by atoms with Gasteiger partial charge in [0.2, 0.25) is 0 Å². The lowest BCUT2D eigenvalue weighted by atomic mass is 9.89. The number of fused-ring (bicyclic) bond motifs is 5. The maximum atomic E-state index is 14.4. The molecule has 0 aromatic heterocycles.